The minimum atomic E-state index is -2.19. The Morgan fingerprint density at radius 2 is 1.90 bits per heavy atom. The highest BCUT2D eigenvalue weighted by Gasteiger charge is 2.55. The first-order valence-electron chi connectivity index (χ1n) is 21.9. The Labute approximate surface area is 367 Å². The average Bonchev–Trinajstić information content (AvgIpc) is 3.82. The number of nitrogens with zero attached hydrogens (tertiary/aromatic N) is 6. The molecule has 2 saturated heterocycles. The van der Waals surface area contributed by atoms with Crippen molar-refractivity contribution in [1.29, 1.82) is 0 Å². The van der Waals surface area contributed by atoms with Crippen molar-refractivity contribution >= 4 is 46.1 Å². The molecule has 3 aliphatic heterocycles. The van der Waals surface area contributed by atoms with E-state index in [1.807, 2.05) is 46.1 Å². The summed E-state index contributed by atoms with van der Waals surface area (Å²) in [7, 11) is 3.31. The summed E-state index contributed by atoms with van der Waals surface area (Å²) in [6, 6.07) is 8.09. The van der Waals surface area contributed by atoms with Crippen molar-refractivity contribution in [2.75, 3.05) is 40.4 Å². The molecular weight excluding hydrogens is 809 g/mol. The van der Waals surface area contributed by atoms with Crippen LogP contribution in [0.25, 0.3) is 33.4 Å². The number of methoxy groups -OCH3 is 1. The summed E-state index contributed by atoms with van der Waals surface area (Å²) in [5.41, 5.74) is 6.68. The highest BCUT2D eigenvalue weighted by Crippen LogP contribution is 2.53. The van der Waals surface area contributed by atoms with E-state index < -0.39 is 41.0 Å². The third-order valence-corrected chi connectivity index (χ3v) is 14.0. The number of thiazole rings is 1. The van der Waals surface area contributed by atoms with Gasteiger partial charge in [-0.2, -0.15) is 5.43 Å². The van der Waals surface area contributed by atoms with Crippen LogP contribution in [0, 0.1) is 16.7 Å². The Morgan fingerprint density at radius 3 is 2.60 bits per heavy atom. The number of carbonyl (C=O) groups excluding carboxylic acids is 4. The van der Waals surface area contributed by atoms with Crippen LogP contribution >= 0.6 is 11.3 Å². The van der Waals surface area contributed by atoms with Crippen molar-refractivity contribution in [3.05, 3.63) is 58.2 Å². The van der Waals surface area contributed by atoms with Crippen LogP contribution in [0.5, 0.6) is 0 Å². The van der Waals surface area contributed by atoms with Gasteiger partial charge in [-0.25, -0.2) is 14.6 Å². The normalized spacial score (nSPS) is 23.1. The van der Waals surface area contributed by atoms with Gasteiger partial charge in [0.15, 0.2) is 0 Å². The van der Waals surface area contributed by atoms with E-state index in [4.69, 9.17) is 19.4 Å². The summed E-state index contributed by atoms with van der Waals surface area (Å²) in [4.78, 5) is 69.5. The molecule has 3 N–H and O–H groups in total. The fourth-order valence-electron chi connectivity index (χ4n) is 9.52. The number of fused-ring (bicyclic) bond motifs is 6. The molecule has 0 radical (unpaired) electrons. The Morgan fingerprint density at radius 1 is 1.15 bits per heavy atom. The number of urea groups is 1. The van der Waals surface area contributed by atoms with Crippen molar-refractivity contribution in [2.24, 2.45) is 16.7 Å². The third kappa shape index (κ3) is 8.22. The van der Waals surface area contributed by atoms with Crippen LogP contribution in [-0.4, -0.2) is 116 Å². The molecule has 16 heteroatoms. The maximum absolute atomic E-state index is 14.6. The van der Waals surface area contributed by atoms with E-state index in [9.17, 15) is 24.3 Å². The maximum Gasteiger partial charge on any atom is 0.355 e. The fourth-order valence-corrected chi connectivity index (χ4v) is 10.4. The van der Waals surface area contributed by atoms with Gasteiger partial charge >= 0.3 is 12.0 Å². The van der Waals surface area contributed by atoms with Crippen molar-refractivity contribution < 1.29 is 33.8 Å². The number of aliphatic hydroxyl groups is 1. The summed E-state index contributed by atoms with van der Waals surface area (Å²) >= 11 is 1.39. The number of hydrogen-bond donors (Lipinski definition) is 3. The number of carbonyl (C=O) groups is 4. The van der Waals surface area contributed by atoms with E-state index in [1.165, 1.54) is 21.2 Å². The Bertz CT molecular complexity index is 2380. The average molecular weight is 869 g/mol. The lowest BCUT2D eigenvalue weighted by Gasteiger charge is -2.44. The van der Waals surface area contributed by atoms with Crippen molar-refractivity contribution in [3.8, 4) is 22.5 Å². The number of amides is 4. The van der Waals surface area contributed by atoms with Gasteiger partial charge in [0.1, 0.15) is 12.1 Å². The van der Waals surface area contributed by atoms with Gasteiger partial charge in [-0.15, -0.1) is 11.3 Å². The minimum absolute atomic E-state index is 0.0153. The molecule has 1 saturated carbocycles. The third-order valence-electron chi connectivity index (χ3n) is 13.2. The zero-order valence-corrected chi connectivity index (χ0v) is 37.9. The standard InChI is InChI=1S/C46H60N8O7S/c1-9-53-35-14-13-29-20-31(35)32(39(53)30-12-10-18-47-37(30)28(4)60-8)22-44(5,6)26-61-42(57)46(59)15-11-19-54(50-46)41(56)33(21-36-48-34(29)23-62-36)49-40(55)38(27(2)3)51(7)43(58)52-24-45(25-52)16-17-45/h10,12-14,18,20,23,27-28,33,38,50,59H,9,11,15-17,19,21-22,24-26H2,1-8H3,(H,49,55)/t28-,33-,38-,46-/m0/s1. The van der Waals surface area contributed by atoms with Gasteiger partial charge in [-0.3, -0.25) is 19.6 Å². The Kier molecular flexibility index (Phi) is 11.8. The molecule has 1 aromatic carbocycles. The van der Waals surface area contributed by atoms with E-state index in [1.54, 1.807) is 25.3 Å². The minimum Gasteiger partial charge on any atom is -0.462 e. The molecule has 1 aliphatic carbocycles. The summed E-state index contributed by atoms with van der Waals surface area (Å²) in [5, 5.41) is 19.6. The topological polar surface area (TPSA) is 171 Å². The molecule has 4 atom stereocenters. The van der Waals surface area contributed by atoms with Crippen molar-refractivity contribution in [2.45, 2.75) is 111 Å². The molecule has 332 valence electrons. The Hall–Kier alpha value is -4.90. The van der Waals surface area contributed by atoms with Crippen LogP contribution in [0.4, 0.5) is 4.79 Å². The number of likely N-dealkylation sites (N-methyl/N-ethyl adjacent to an activating group) is 1. The lowest BCUT2D eigenvalue weighted by atomic mass is 9.84. The maximum atomic E-state index is 14.6. The lowest BCUT2D eigenvalue weighted by molar-refractivity contribution is -0.189. The molecule has 15 nitrogen and oxygen atoms in total. The van der Waals surface area contributed by atoms with Gasteiger partial charge in [0, 0.05) is 97.6 Å². The molecule has 6 heterocycles. The van der Waals surface area contributed by atoms with E-state index in [-0.39, 0.29) is 49.5 Å². The molecule has 62 heavy (non-hydrogen) atoms. The number of nitrogens with one attached hydrogen (secondary N) is 2. The number of hydrazine groups is 1. The number of hydrogen-bond acceptors (Lipinski definition) is 11. The molecule has 6 bridgehead atoms. The first-order valence-corrected chi connectivity index (χ1v) is 22.7. The fraction of sp³-hybridized carbons (Fsp3) is 0.565. The van der Waals surface area contributed by atoms with Crippen LogP contribution in [0.2, 0.25) is 0 Å². The van der Waals surface area contributed by atoms with Gasteiger partial charge in [0.05, 0.1) is 34.8 Å². The number of aryl methyl sites for hydroxylation is 1. The summed E-state index contributed by atoms with van der Waals surface area (Å²) < 4.78 is 14.0. The number of esters is 1. The van der Waals surface area contributed by atoms with Gasteiger partial charge in [-0.1, -0.05) is 33.8 Å². The predicted octanol–water partition coefficient (Wildman–Crippen LogP) is 5.69. The van der Waals surface area contributed by atoms with Crippen LogP contribution in [-0.2, 0) is 43.2 Å². The number of aromatic nitrogens is 3. The molecule has 1 spiro atoms. The second-order valence-electron chi connectivity index (χ2n) is 18.9. The monoisotopic (exact) mass is 868 g/mol. The number of rotatable bonds is 8. The number of benzene rings is 1. The van der Waals surface area contributed by atoms with E-state index >= 15 is 0 Å². The summed E-state index contributed by atoms with van der Waals surface area (Å²) in [5.74, 6) is -2.19. The number of cyclic esters (lactones) is 1. The zero-order chi connectivity index (χ0) is 44.3. The number of ether oxygens (including phenoxy) is 2. The highest BCUT2D eigenvalue weighted by atomic mass is 32.1. The van der Waals surface area contributed by atoms with Crippen LogP contribution in [0.15, 0.2) is 41.9 Å². The van der Waals surface area contributed by atoms with Crippen LogP contribution < -0.4 is 10.7 Å². The first kappa shape index (κ1) is 43.7. The van der Waals surface area contributed by atoms with Gasteiger partial charge in [0.25, 0.3) is 5.91 Å². The molecule has 8 rings (SSSR count). The summed E-state index contributed by atoms with van der Waals surface area (Å²) in [6.45, 7) is 14.1. The first-order chi connectivity index (χ1) is 29.5. The predicted molar refractivity (Wildman–Crippen MR) is 236 cm³/mol. The van der Waals surface area contributed by atoms with Crippen LogP contribution in [0.1, 0.15) is 89.6 Å². The Balaban J connectivity index is 1.19. The molecular formula is C46H60N8O7S. The van der Waals surface area contributed by atoms with Crippen molar-refractivity contribution in [3.63, 3.8) is 0 Å². The van der Waals surface area contributed by atoms with E-state index in [0.29, 0.717) is 37.5 Å². The van der Waals surface area contributed by atoms with Gasteiger partial charge in [0.2, 0.25) is 11.6 Å². The second-order valence-corrected chi connectivity index (χ2v) is 19.9. The van der Waals surface area contributed by atoms with E-state index in [0.717, 1.165) is 57.5 Å². The van der Waals surface area contributed by atoms with Crippen LogP contribution in [0.3, 0.4) is 0 Å². The molecule has 0 unspecified atom stereocenters. The smallest absolute Gasteiger partial charge is 0.355 e. The molecule has 4 amide bonds. The lowest BCUT2D eigenvalue weighted by Crippen LogP contribution is -2.67. The number of pyridine rings is 1. The van der Waals surface area contributed by atoms with Crippen molar-refractivity contribution in [1.82, 2.24) is 40.1 Å². The van der Waals surface area contributed by atoms with Gasteiger partial charge in [-0.05, 0) is 75.3 Å². The number of likely N-dealkylation sites (tertiary alicyclic amines) is 1. The SMILES string of the molecule is CCn1c(-c2cccnc2[C@H](C)OC)c2c3cc(ccc31)-c1csc(n1)C[C@H](NC(=O)[C@H](C(C)C)N(C)C(=O)N1CC3(CC3)C1)C(=O)N1CCC[C@@](O)(N1)C(=O)OCC(C)(C)C2. The highest BCUT2D eigenvalue weighted by molar-refractivity contribution is 7.10. The quantitative estimate of drug-likeness (QED) is 0.187. The second kappa shape index (κ2) is 16.7. The largest absolute Gasteiger partial charge is 0.462 e. The molecule has 3 aromatic heterocycles. The summed E-state index contributed by atoms with van der Waals surface area (Å²) in [6.07, 6.45) is 4.60. The molecule has 4 aliphatic rings. The molecule has 3 fully saturated rings. The molecule has 4 aromatic rings. The van der Waals surface area contributed by atoms with E-state index in [2.05, 4.69) is 46.5 Å². The van der Waals surface area contributed by atoms with Gasteiger partial charge < -0.3 is 34.3 Å². The zero-order valence-electron chi connectivity index (χ0n) is 37.1.